The van der Waals surface area contributed by atoms with E-state index >= 15 is 0 Å². The third-order valence-corrected chi connectivity index (χ3v) is 5.80. The summed E-state index contributed by atoms with van der Waals surface area (Å²) in [6.07, 6.45) is 1.22. The first-order chi connectivity index (χ1) is 13.4. The van der Waals surface area contributed by atoms with Gasteiger partial charge in [0.25, 0.3) is 0 Å². The molecule has 3 aliphatic rings. The number of likely N-dealkylation sites (tertiary alicyclic amines) is 1. The van der Waals surface area contributed by atoms with Gasteiger partial charge in [-0.1, -0.05) is 6.58 Å². The zero-order chi connectivity index (χ0) is 19.5. The van der Waals surface area contributed by atoms with Gasteiger partial charge in [0.1, 0.15) is 35.1 Å². The molecular weight excluding hydrogens is 362 g/mol. The topological polar surface area (TPSA) is 31.8 Å². The Morgan fingerprint density at radius 1 is 1.14 bits per heavy atom. The molecule has 3 aliphatic heterocycles. The summed E-state index contributed by atoms with van der Waals surface area (Å²) in [4.78, 5) is 10.7. The minimum absolute atomic E-state index is 0.0370. The van der Waals surface area contributed by atoms with E-state index in [0.717, 1.165) is 43.5 Å². The van der Waals surface area contributed by atoms with Gasteiger partial charge in [-0.15, -0.1) is 0 Å². The lowest BCUT2D eigenvalue weighted by molar-refractivity contribution is 0.000546. The van der Waals surface area contributed by atoms with E-state index in [-0.39, 0.29) is 23.2 Å². The van der Waals surface area contributed by atoms with Gasteiger partial charge < -0.3 is 19.4 Å². The Morgan fingerprint density at radius 2 is 1.89 bits per heavy atom. The summed E-state index contributed by atoms with van der Waals surface area (Å²) >= 11 is 0. The second-order valence-electron chi connectivity index (χ2n) is 8.11. The van der Waals surface area contributed by atoms with Crippen molar-refractivity contribution in [2.45, 2.75) is 13.0 Å². The number of aromatic nitrogens is 1. The third-order valence-electron chi connectivity index (χ3n) is 5.80. The van der Waals surface area contributed by atoms with Gasteiger partial charge in [-0.25, -0.2) is 13.8 Å². The molecule has 5 rings (SSSR count). The molecule has 7 heteroatoms. The highest BCUT2D eigenvalue weighted by atomic mass is 19.1. The smallest absolute Gasteiger partial charge is 0.146 e. The number of hydrogen-bond acceptors (Lipinski definition) is 5. The van der Waals surface area contributed by atoms with E-state index in [2.05, 4.69) is 26.3 Å². The van der Waals surface area contributed by atoms with Gasteiger partial charge in [0.15, 0.2) is 0 Å². The second-order valence-corrected chi connectivity index (χ2v) is 8.11. The van der Waals surface area contributed by atoms with Gasteiger partial charge in [0.05, 0.1) is 18.4 Å². The SMILES string of the molecule is C=C(N1CC2(C1)CN(c1ccc(F)cn1)C2)N1CC(C)Oc2cc(F)ccc21. The number of fused-ring (bicyclic) bond motifs is 1. The van der Waals surface area contributed by atoms with Crippen LogP contribution in [0.25, 0.3) is 0 Å². The van der Waals surface area contributed by atoms with Crippen LogP contribution in [-0.2, 0) is 0 Å². The van der Waals surface area contributed by atoms with E-state index in [1.54, 1.807) is 12.1 Å². The molecule has 2 saturated heterocycles. The van der Waals surface area contributed by atoms with Crippen molar-refractivity contribution in [3.63, 3.8) is 0 Å². The number of ether oxygens (including phenoxy) is 1. The Morgan fingerprint density at radius 3 is 2.61 bits per heavy atom. The summed E-state index contributed by atoms with van der Waals surface area (Å²) in [5.41, 5.74) is 1.10. The molecule has 1 aromatic heterocycles. The number of halogens is 2. The van der Waals surface area contributed by atoms with Crippen LogP contribution in [0.3, 0.4) is 0 Å². The maximum Gasteiger partial charge on any atom is 0.146 e. The summed E-state index contributed by atoms with van der Waals surface area (Å²) < 4.78 is 32.4. The summed E-state index contributed by atoms with van der Waals surface area (Å²) in [7, 11) is 0. The van der Waals surface area contributed by atoms with Crippen LogP contribution >= 0.6 is 0 Å². The number of nitrogens with zero attached hydrogens (tertiary/aromatic N) is 4. The van der Waals surface area contributed by atoms with E-state index in [0.29, 0.717) is 12.3 Å². The van der Waals surface area contributed by atoms with E-state index < -0.39 is 0 Å². The Kier molecular flexibility index (Phi) is 3.76. The molecule has 0 saturated carbocycles. The summed E-state index contributed by atoms with van der Waals surface area (Å²) in [6, 6.07) is 7.81. The Hall–Kier alpha value is -2.83. The fraction of sp³-hybridized carbons (Fsp3) is 0.381. The van der Waals surface area contributed by atoms with Crippen molar-refractivity contribution >= 4 is 11.5 Å². The van der Waals surface area contributed by atoms with Gasteiger partial charge in [-0.3, -0.25) is 0 Å². The molecule has 4 heterocycles. The highest BCUT2D eigenvalue weighted by molar-refractivity contribution is 5.63. The predicted octanol–water partition coefficient (Wildman–Crippen LogP) is 3.24. The first kappa shape index (κ1) is 17.3. The molecule has 0 amide bonds. The van der Waals surface area contributed by atoms with Crippen LogP contribution in [-0.4, -0.2) is 48.7 Å². The number of rotatable bonds is 3. The first-order valence-corrected chi connectivity index (χ1v) is 9.47. The van der Waals surface area contributed by atoms with E-state index in [4.69, 9.17) is 4.74 Å². The van der Waals surface area contributed by atoms with Crippen LogP contribution in [0.1, 0.15) is 6.92 Å². The van der Waals surface area contributed by atoms with E-state index in [1.807, 2.05) is 6.92 Å². The molecule has 0 bridgehead atoms. The van der Waals surface area contributed by atoms with Crippen molar-refractivity contribution < 1.29 is 13.5 Å². The molecule has 1 aromatic carbocycles. The predicted molar refractivity (Wildman–Crippen MR) is 103 cm³/mol. The Balaban J connectivity index is 1.24. The first-order valence-electron chi connectivity index (χ1n) is 9.47. The molecule has 0 aliphatic carbocycles. The van der Waals surface area contributed by atoms with Crippen LogP contribution in [0, 0.1) is 17.0 Å². The molecule has 0 radical (unpaired) electrons. The van der Waals surface area contributed by atoms with Gasteiger partial charge in [-0.2, -0.15) is 0 Å². The molecule has 5 nitrogen and oxygen atoms in total. The van der Waals surface area contributed by atoms with E-state index in [9.17, 15) is 8.78 Å². The molecular formula is C21H22F2N4O. The number of anilines is 2. The number of benzene rings is 1. The monoisotopic (exact) mass is 384 g/mol. The molecule has 2 aromatic rings. The standard InChI is InChI=1S/C21H22F2N4O/c1-14-9-27(18-5-3-16(22)7-19(18)28-14)15(2)25-10-21(11-25)12-26(13-21)20-6-4-17(23)8-24-20/h3-8,14H,2,9-13H2,1H3. The highest BCUT2D eigenvalue weighted by Gasteiger charge is 2.53. The molecule has 1 unspecified atom stereocenters. The average molecular weight is 384 g/mol. The van der Waals surface area contributed by atoms with Crippen LogP contribution in [0.15, 0.2) is 48.9 Å². The van der Waals surface area contributed by atoms with Gasteiger partial charge >= 0.3 is 0 Å². The van der Waals surface area contributed by atoms with Crippen molar-refractivity contribution in [2.75, 3.05) is 42.5 Å². The second kappa shape index (κ2) is 6.09. The quantitative estimate of drug-likeness (QED) is 0.811. The van der Waals surface area contributed by atoms with Crippen molar-refractivity contribution in [3.05, 3.63) is 60.6 Å². The largest absolute Gasteiger partial charge is 0.487 e. The molecule has 146 valence electrons. The lowest BCUT2D eigenvalue weighted by Crippen LogP contribution is -2.72. The van der Waals surface area contributed by atoms with Crippen LogP contribution in [0.5, 0.6) is 5.75 Å². The normalized spacial score (nSPS) is 22.2. The van der Waals surface area contributed by atoms with Gasteiger partial charge in [0, 0.05) is 37.7 Å². The minimum atomic E-state index is -0.315. The van der Waals surface area contributed by atoms with Gasteiger partial charge in [0.2, 0.25) is 0 Å². The average Bonchev–Trinajstić information content (AvgIpc) is 2.59. The van der Waals surface area contributed by atoms with Crippen molar-refractivity contribution in [1.29, 1.82) is 0 Å². The number of pyridine rings is 1. The van der Waals surface area contributed by atoms with Crippen molar-refractivity contribution in [2.24, 2.45) is 5.41 Å². The number of hydrogen-bond donors (Lipinski definition) is 0. The molecule has 1 spiro atoms. The van der Waals surface area contributed by atoms with Crippen molar-refractivity contribution in [1.82, 2.24) is 9.88 Å². The molecule has 0 N–H and O–H groups in total. The lowest BCUT2D eigenvalue weighted by Gasteiger charge is -2.62. The molecule has 28 heavy (non-hydrogen) atoms. The fourth-order valence-electron chi connectivity index (χ4n) is 4.46. The fourth-order valence-corrected chi connectivity index (χ4v) is 4.46. The zero-order valence-corrected chi connectivity index (χ0v) is 15.7. The van der Waals surface area contributed by atoms with Crippen LogP contribution in [0.2, 0.25) is 0 Å². The summed E-state index contributed by atoms with van der Waals surface area (Å²) in [5, 5.41) is 0. The third kappa shape index (κ3) is 2.77. The Labute approximate surface area is 162 Å². The molecule has 1 atom stereocenters. The zero-order valence-electron chi connectivity index (χ0n) is 15.7. The molecule has 2 fully saturated rings. The maximum atomic E-state index is 13.6. The summed E-state index contributed by atoms with van der Waals surface area (Å²) in [6.45, 7) is 10.6. The van der Waals surface area contributed by atoms with Crippen molar-refractivity contribution in [3.8, 4) is 5.75 Å². The lowest BCUT2D eigenvalue weighted by atomic mass is 9.73. The van der Waals surface area contributed by atoms with Crippen LogP contribution in [0.4, 0.5) is 20.3 Å². The minimum Gasteiger partial charge on any atom is -0.487 e. The van der Waals surface area contributed by atoms with Crippen LogP contribution < -0.4 is 14.5 Å². The maximum absolute atomic E-state index is 13.6. The Bertz CT molecular complexity index is 919. The van der Waals surface area contributed by atoms with E-state index in [1.165, 1.54) is 24.4 Å². The van der Waals surface area contributed by atoms with Gasteiger partial charge in [-0.05, 0) is 31.2 Å². The highest BCUT2D eigenvalue weighted by Crippen LogP contribution is 2.45. The summed E-state index contributed by atoms with van der Waals surface area (Å²) in [5.74, 6) is 1.69.